The van der Waals surface area contributed by atoms with Gasteiger partial charge in [0.15, 0.2) is 0 Å². The van der Waals surface area contributed by atoms with Gasteiger partial charge in [-0.3, -0.25) is 0 Å². The fourth-order valence-corrected chi connectivity index (χ4v) is 1.48. The second-order valence-electron chi connectivity index (χ2n) is 3.98. The van der Waals surface area contributed by atoms with Crippen molar-refractivity contribution < 1.29 is 9.47 Å². The van der Waals surface area contributed by atoms with Gasteiger partial charge in [-0.15, -0.1) is 0 Å². The molecule has 1 rings (SSSR count). The number of rotatable bonds is 6. The van der Waals surface area contributed by atoms with E-state index in [1.54, 1.807) is 25.3 Å². The second kappa shape index (κ2) is 6.77. The van der Waals surface area contributed by atoms with Gasteiger partial charge in [0.2, 0.25) is 0 Å². The zero-order valence-electron chi connectivity index (χ0n) is 10.5. The maximum absolute atomic E-state index is 8.87. The Morgan fingerprint density at radius 2 is 2.06 bits per heavy atom. The van der Waals surface area contributed by atoms with Crippen LogP contribution in [-0.4, -0.2) is 27.3 Å². The summed E-state index contributed by atoms with van der Waals surface area (Å²) >= 11 is 0. The summed E-state index contributed by atoms with van der Waals surface area (Å²) in [4.78, 5) is 0. The van der Waals surface area contributed by atoms with E-state index in [4.69, 9.17) is 14.7 Å². The average Bonchev–Trinajstić information content (AvgIpc) is 2.36. The first kappa shape index (κ1) is 13.3. The van der Waals surface area contributed by atoms with E-state index < -0.39 is 0 Å². The molecule has 1 aromatic carbocycles. The number of nitrogens with zero attached hydrogens (tertiary/aromatic N) is 1. The summed E-state index contributed by atoms with van der Waals surface area (Å²) in [6, 6.07) is 7.27. The minimum absolute atomic E-state index is 0.414. The van der Waals surface area contributed by atoms with E-state index >= 15 is 0 Å². The van der Waals surface area contributed by atoms with Crippen LogP contribution in [0, 0.1) is 17.2 Å². The van der Waals surface area contributed by atoms with Crippen LogP contribution in [0.1, 0.15) is 12.5 Å². The Morgan fingerprint density at radius 1 is 1.35 bits per heavy atom. The molecule has 0 aromatic heterocycles. The highest BCUT2D eigenvalue weighted by molar-refractivity contribution is 5.43. The van der Waals surface area contributed by atoms with Crippen LogP contribution in [0.4, 0.5) is 0 Å². The second-order valence-corrected chi connectivity index (χ2v) is 3.98. The van der Waals surface area contributed by atoms with Crippen molar-refractivity contribution in [3.8, 4) is 17.6 Å². The summed E-state index contributed by atoms with van der Waals surface area (Å²) in [6.45, 7) is 3.61. The van der Waals surface area contributed by atoms with Gasteiger partial charge in [-0.2, -0.15) is 5.26 Å². The van der Waals surface area contributed by atoms with Gasteiger partial charge in [0.25, 0.3) is 0 Å². The Hall–Kier alpha value is -1.73. The summed E-state index contributed by atoms with van der Waals surface area (Å²) in [5.41, 5.74) is 0.542. The Labute approximate surface area is 102 Å². The van der Waals surface area contributed by atoms with Crippen LogP contribution in [0.15, 0.2) is 18.2 Å². The fraction of sp³-hybridized carbons (Fsp3) is 0.462. The molecule has 0 radical (unpaired) electrons. The number of hydrogen-bond acceptors (Lipinski definition) is 4. The topological polar surface area (TPSA) is 54.3 Å². The summed E-state index contributed by atoms with van der Waals surface area (Å²) in [6.07, 6.45) is 0. The smallest absolute Gasteiger partial charge is 0.124 e. The molecule has 4 heteroatoms. The molecule has 0 aliphatic carbocycles. The van der Waals surface area contributed by atoms with Gasteiger partial charge >= 0.3 is 0 Å². The standard InChI is InChI=1S/C13H18N2O2/c1-10(8-15-2)9-17-13-5-11(7-14)4-12(6-13)16-3/h4-6,10,15H,8-9H2,1-3H3. The molecule has 1 atom stereocenters. The van der Waals surface area contributed by atoms with E-state index in [2.05, 4.69) is 18.3 Å². The minimum atomic E-state index is 0.414. The lowest BCUT2D eigenvalue weighted by Crippen LogP contribution is -2.21. The van der Waals surface area contributed by atoms with E-state index in [0.29, 0.717) is 29.6 Å². The Kier molecular flexibility index (Phi) is 5.31. The van der Waals surface area contributed by atoms with Crippen LogP contribution in [-0.2, 0) is 0 Å². The molecule has 0 spiro atoms. The molecule has 0 saturated heterocycles. The van der Waals surface area contributed by atoms with Gasteiger partial charge in [-0.1, -0.05) is 6.92 Å². The highest BCUT2D eigenvalue weighted by atomic mass is 16.5. The summed E-state index contributed by atoms with van der Waals surface area (Å²) in [7, 11) is 3.49. The zero-order valence-corrected chi connectivity index (χ0v) is 10.5. The fourth-order valence-electron chi connectivity index (χ4n) is 1.48. The van der Waals surface area contributed by atoms with Crippen LogP contribution >= 0.6 is 0 Å². The molecule has 0 fully saturated rings. The Morgan fingerprint density at radius 3 is 2.65 bits per heavy atom. The molecule has 0 bridgehead atoms. The normalized spacial score (nSPS) is 11.6. The van der Waals surface area contributed by atoms with Crippen LogP contribution in [0.2, 0.25) is 0 Å². The van der Waals surface area contributed by atoms with Crippen molar-refractivity contribution in [1.82, 2.24) is 5.32 Å². The third kappa shape index (κ3) is 4.33. The molecule has 1 unspecified atom stereocenters. The first-order chi connectivity index (χ1) is 8.19. The first-order valence-electron chi connectivity index (χ1n) is 5.56. The molecule has 0 heterocycles. The minimum Gasteiger partial charge on any atom is -0.497 e. The van der Waals surface area contributed by atoms with E-state index in [9.17, 15) is 0 Å². The third-order valence-electron chi connectivity index (χ3n) is 2.33. The molecule has 92 valence electrons. The highest BCUT2D eigenvalue weighted by Gasteiger charge is 2.05. The lowest BCUT2D eigenvalue weighted by Gasteiger charge is -2.13. The maximum atomic E-state index is 8.87. The van der Waals surface area contributed by atoms with Crippen molar-refractivity contribution in [2.24, 2.45) is 5.92 Å². The number of nitriles is 1. The van der Waals surface area contributed by atoms with Crippen molar-refractivity contribution in [2.75, 3.05) is 27.3 Å². The van der Waals surface area contributed by atoms with E-state index in [0.717, 1.165) is 6.54 Å². The number of ether oxygens (including phenoxy) is 2. The molecule has 0 amide bonds. The van der Waals surface area contributed by atoms with Gasteiger partial charge in [0, 0.05) is 18.5 Å². The van der Waals surface area contributed by atoms with Crippen LogP contribution < -0.4 is 14.8 Å². The van der Waals surface area contributed by atoms with Gasteiger partial charge in [-0.05, 0) is 19.2 Å². The summed E-state index contributed by atoms with van der Waals surface area (Å²) in [5.74, 6) is 1.72. The SMILES string of the molecule is CNCC(C)COc1cc(C#N)cc(OC)c1. The monoisotopic (exact) mass is 234 g/mol. The van der Waals surface area contributed by atoms with Gasteiger partial charge in [-0.25, -0.2) is 0 Å². The molecule has 0 aliphatic heterocycles. The van der Waals surface area contributed by atoms with Gasteiger partial charge in [0.1, 0.15) is 11.5 Å². The van der Waals surface area contributed by atoms with Gasteiger partial charge in [0.05, 0.1) is 25.3 Å². The summed E-state index contributed by atoms with van der Waals surface area (Å²) < 4.78 is 10.7. The van der Waals surface area contributed by atoms with Crippen molar-refractivity contribution in [3.05, 3.63) is 23.8 Å². The van der Waals surface area contributed by atoms with Crippen molar-refractivity contribution in [1.29, 1.82) is 5.26 Å². The quantitative estimate of drug-likeness (QED) is 0.815. The largest absolute Gasteiger partial charge is 0.497 e. The molecular weight excluding hydrogens is 216 g/mol. The Bertz CT molecular complexity index is 399. The van der Waals surface area contributed by atoms with E-state index in [1.165, 1.54) is 0 Å². The number of methoxy groups -OCH3 is 1. The third-order valence-corrected chi connectivity index (χ3v) is 2.33. The van der Waals surface area contributed by atoms with E-state index in [-0.39, 0.29) is 0 Å². The number of hydrogen-bond donors (Lipinski definition) is 1. The van der Waals surface area contributed by atoms with Crippen LogP contribution in [0.5, 0.6) is 11.5 Å². The lowest BCUT2D eigenvalue weighted by molar-refractivity contribution is 0.257. The number of benzene rings is 1. The highest BCUT2D eigenvalue weighted by Crippen LogP contribution is 2.22. The van der Waals surface area contributed by atoms with Crippen LogP contribution in [0.25, 0.3) is 0 Å². The van der Waals surface area contributed by atoms with Crippen molar-refractivity contribution >= 4 is 0 Å². The molecule has 0 aliphatic rings. The number of nitrogens with one attached hydrogen (secondary N) is 1. The van der Waals surface area contributed by atoms with Crippen molar-refractivity contribution in [2.45, 2.75) is 6.92 Å². The van der Waals surface area contributed by atoms with Crippen LogP contribution in [0.3, 0.4) is 0 Å². The molecule has 1 aromatic rings. The molecule has 0 saturated carbocycles. The summed E-state index contributed by atoms with van der Waals surface area (Å²) in [5, 5.41) is 12.0. The predicted octanol–water partition coefficient (Wildman–Crippen LogP) is 1.80. The zero-order chi connectivity index (χ0) is 12.7. The first-order valence-corrected chi connectivity index (χ1v) is 5.56. The van der Waals surface area contributed by atoms with E-state index in [1.807, 2.05) is 7.05 Å². The van der Waals surface area contributed by atoms with Gasteiger partial charge < -0.3 is 14.8 Å². The molecule has 4 nitrogen and oxygen atoms in total. The molecule has 1 N–H and O–H groups in total. The Balaban J connectivity index is 2.67. The van der Waals surface area contributed by atoms with Crippen molar-refractivity contribution in [3.63, 3.8) is 0 Å². The molecule has 17 heavy (non-hydrogen) atoms. The maximum Gasteiger partial charge on any atom is 0.124 e. The lowest BCUT2D eigenvalue weighted by atomic mass is 10.2. The predicted molar refractivity (Wildman–Crippen MR) is 66.3 cm³/mol. The average molecular weight is 234 g/mol. The molecular formula is C13H18N2O2.